The summed E-state index contributed by atoms with van der Waals surface area (Å²) < 4.78 is 5.58. The lowest BCUT2D eigenvalue weighted by Crippen LogP contribution is -2.21. The zero-order valence-corrected chi connectivity index (χ0v) is 13.0. The van der Waals surface area contributed by atoms with Crippen LogP contribution in [0.5, 0.6) is 0 Å². The number of carbonyl (C=O) groups is 1. The summed E-state index contributed by atoms with van der Waals surface area (Å²) in [5.74, 6) is 0.996. The fourth-order valence-electron chi connectivity index (χ4n) is 1.51. The van der Waals surface area contributed by atoms with Crippen molar-refractivity contribution in [3.63, 3.8) is 0 Å². The van der Waals surface area contributed by atoms with Gasteiger partial charge >= 0.3 is 0 Å². The van der Waals surface area contributed by atoms with Gasteiger partial charge in [0.05, 0.1) is 5.75 Å². The molecule has 1 aromatic carbocycles. The minimum Gasteiger partial charge on any atom is -0.411 e. The zero-order valence-electron chi connectivity index (χ0n) is 12.1. The van der Waals surface area contributed by atoms with Gasteiger partial charge in [0.25, 0.3) is 5.22 Å². The fourth-order valence-corrected chi connectivity index (χ4v) is 2.43. The number of aryl methyl sites for hydroxylation is 1. The minimum atomic E-state index is -0.341. The SMILES string of the molecule is Cc1cccc(-c2nnc(SCC(=O)C(C)(C)C)o2)c1. The molecular formula is C15H18N2O2S. The quantitative estimate of drug-likeness (QED) is 0.803. The van der Waals surface area contributed by atoms with E-state index in [0.717, 1.165) is 11.1 Å². The van der Waals surface area contributed by atoms with Gasteiger partial charge in [-0.05, 0) is 19.1 Å². The number of hydrogen-bond acceptors (Lipinski definition) is 5. The van der Waals surface area contributed by atoms with Crippen molar-refractivity contribution in [1.82, 2.24) is 10.2 Å². The molecule has 0 unspecified atom stereocenters. The summed E-state index contributed by atoms with van der Waals surface area (Å²) in [6.45, 7) is 7.73. The van der Waals surface area contributed by atoms with E-state index >= 15 is 0 Å². The molecule has 0 aliphatic rings. The predicted octanol–water partition coefficient (Wildman–Crippen LogP) is 3.75. The number of Topliss-reactive ketones (excluding diaryl/α,β-unsaturated/α-hetero) is 1. The molecule has 0 N–H and O–H groups in total. The van der Waals surface area contributed by atoms with Crippen LogP contribution in [0, 0.1) is 12.3 Å². The highest BCUT2D eigenvalue weighted by molar-refractivity contribution is 7.99. The lowest BCUT2D eigenvalue weighted by molar-refractivity contribution is -0.123. The van der Waals surface area contributed by atoms with E-state index in [1.807, 2.05) is 52.0 Å². The van der Waals surface area contributed by atoms with Gasteiger partial charge in [-0.1, -0.05) is 50.2 Å². The molecule has 2 rings (SSSR count). The molecule has 106 valence electrons. The van der Waals surface area contributed by atoms with Crippen LogP contribution in [0.3, 0.4) is 0 Å². The average molecular weight is 290 g/mol. The third-order valence-electron chi connectivity index (χ3n) is 2.83. The smallest absolute Gasteiger partial charge is 0.277 e. The first-order valence-electron chi connectivity index (χ1n) is 6.43. The van der Waals surface area contributed by atoms with Crippen molar-refractivity contribution >= 4 is 17.5 Å². The van der Waals surface area contributed by atoms with E-state index in [4.69, 9.17) is 4.42 Å². The summed E-state index contributed by atoms with van der Waals surface area (Å²) in [5, 5.41) is 8.42. The molecule has 0 bridgehead atoms. The van der Waals surface area contributed by atoms with Crippen LogP contribution in [0.2, 0.25) is 0 Å². The molecule has 20 heavy (non-hydrogen) atoms. The van der Waals surface area contributed by atoms with Gasteiger partial charge in [0, 0.05) is 11.0 Å². The Balaban J connectivity index is 2.05. The molecule has 0 radical (unpaired) electrons. The van der Waals surface area contributed by atoms with Crippen LogP contribution in [-0.2, 0) is 4.79 Å². The Labute approximate surface area is 123 Å². The van der Waals surface area contributed by atoms with Crippen LogP contribution in [0.1, 0.15) is 26.3 Å². The van der Waals surface area contributed by atoms with Gasteiger partial charge < -0.3 is 4.42 Å². The van der Waals surface area contributed by atoms with Gasteiger partial charge in [0.15, 0.2) is 0 Å². The largest absolute Gasteiger partial charge is 0.411 e. The molecular weight excluding hydrogens is 272 g/mol. The average Bonchev–Trinajstić information content (AvgIpc) is 2.83. The minimum absolute atomic E-state index is 0.165. The predicted molar refractivity (Wildman–Crippen MR) is 79.7 cm³/mol. The molecule has 0 aliphatic carbocycles. The summed E-state index contributed by atoms with van der Waals surface area (Å²) >= 11 is 1.29. The van der Waals surface area contributed by atoms with Crippen molar-refractivity contribution in [2.24, 2.45) is 5.41 Å². The first-order valence-corrected chi connectivity index (χ1v) is 7.41. The Morgan fingerprint density at radius 3 is 2.70 bits per heavy atom. The second-order valence-corrected chi connectivity index (χ2v) is 6.63. The lowest BCUT2D eigenvalue weighted by atomic mass is 9.92. The zero-order chi connectivity index (χ0) is 14.8. The molecule has 0 amide bonds. The van der Waals surface area contributed by atoms with Crippen molar-refractivity contribution < 1.29 is 9.21 Å². The Morgan fingerprint density at radius 1 is 1.30 bits per heavy atom. The van der Waals surface area contributed by atoms with Gasteiger partial charge in [0.1, 0.15) is 5.78 Å². The summed E-state index contributed by atoms with van der Waals surface area (Å²) in [4.78, 5) is 11.8. The molecule has 4 nitrogen and oxygen atoms in total. The molecule has 0 fully saturated rings. The molecule has 0 aliphatic heterocycles. The standard InChI is InChI=1S/C15H18N2O2S/c1-10-6-5-7-11(8-10)13-16-17-14(19-13)20-9-12(18)15(2,3)4/h5-8H,9H2,1-4H3. The maximum atomic E-state index is 11.8. The molecule has 0 atom stereocenters. The van der Waals surface area contributed by atoms with E-state index in [2.05, 4.69) is 10.2 Å². The van der Waals surface area contributed by atoms with Crippen LogP contribution >= 0.6 is 11.8 Å². The van der Waals surface area contributed by atoms with Crippen molar-refractivity contribution in [2.45, 2.75) is 32.9 Å². The number of carbonyl (C=O) groups excluding carboxylic acids is 1. The van der Waals surface area contributed by atoms with Gasteiger partial charge in [-0.2, -0.15) is 0 Å². The van der Waals surface area contributed by atoms with Crippen LogP contribution in [0.4, 0.5) is 0 Å². The van der Waals surface area contributed by atoms with Crippen LogP contribution in [-0.4, -0.2) is 21.7 Å². The van der Waals surface area contributed by atoms with Crippen LogP contribution in [0.25, 0.3) is 11.5 Å². The molecule has 0 saturated carbocycles. The van der Waals surface area contributed by atoms with Gasteiger partial charge in [-0.3, -0.25) is 4.79 Å². The number of ketones is 1. The molecule has 1 heterocycles. The van der Waals surface area contributed by atoms with Crippen molar-refractivity contribution in [3.8, 4) is 11.5 Å². The van der Waals surface area contributed by atoms with Crippen molar-refractivity contribution in [1.29, 1.82) is 0 Å². The Bertz CT molecular complexity index is 614. The van der Waals surface area contributed by atoms with Gasteiger partial charge in [-0.25, -0.2) is 0 Å². The van der Waals surface area contributed by atoms with Crippen molar-refractivity contribution in [2.75, 3.05) is 5.75 Å². The van der Waals surface area contributed by atoms with Crippen LogP contribution in [0.15, 0.2) is 33.9 Å². The first kappa shape index (κ1) is 14.8. The summed E-state index contributed by atoms with van der Waals surface area (Å²) in [5.41, 5.74) is 1.69. The Hall–Kier alpha value is -1.62. The van der Waals surface area contributed by atoms with E-state index in [-0.39, 0.29) is 11.2 Å². The van der Waals surface area contributed by atoms with Gasteiger partial charge in [-0.15, -0.1) is 10.2 Å². The number of thioether (sulfide) groups is 1. The Morgan fingerprint density at radius 2 is 2.05 bits per heavy atom. The third-order valence-corrected chi connectivity index (χ3v) is 3.65. The summed E-state index contributed by atoms with van der Waals surface area (Å²) in [6.07, 6.45) is 0. The number of benzene rings is 1. The fraction of sp³-hybridized carbons (Fsp3) is 0.400. The highest BCUT2D eigenvalue weighted by Gasteiger charge is 2.22. The summed E-state index contributed by atoms with van der Waals surface area (Å²) in [7, 11) is 0. The van der Waals surface area contributed by atoms with E-state index < -0.39 is 0 Å². The number of rotatable bonds is 4. The molecule has 5 heteroatoms. The number of nitrogens with zero attached hydrogens (tertiary/aromatic N) is 2. The second kappa shape index (κ2) is 5.79. The normalized spacial score (nSPS) is 11.6. The third kappa shape index (κ3) is 3.70. The topological polar surface area (TPSA) is 56.0 Å². The molecule has 0 saturated heterocycles. The van der Waals surface area contributed by atoms with E-state index in [9.17, 15) is 4.79 Å². The molecule has 0 spiro atoms. The van der Waals surface area contributed by atoms with E-state index in [0.29, 0.717) is 16.9 Å². The number of aromatic nitrogens is 2. The molecule has 2 aromatic rings. The van der Waals surface area contributed by atoms with Crippen molar-refractivity contribution in [3.05, 3.63) is 29.8 Å². The highest BCUT2D eigenvalue weighted by Crippen LogP contribution is 2.26. The van der Waals surface area contributed by atoms with Crippen LogP contribution < -0.4 is 0 Å². The Kier molecular flexibility index (Phi) is 4.28. The second-order valence-electron chi connectivity index (χ2n) is 5.70. The van der Waals surface area contributed by atoms with Gasteiger partial charge in [0.2, 0.25) is 5.89 Å². The van der Waals surface area contributed by atoms with E-state index in [1.54, 1.807) is 0 Å². The lowest BCUT2D eigenvalue weighted by Gasteiger charge is -2.14. The highest BCUT2D eigenvalue weighted by atomic mass is 32.2. The molecule has 1 aromatic heterocycles. The maximum absolute atomic E-state index is 11.8. The number of hydrogen-bond donors (Lipinski definition) is 0. The summed E-state index contributed by atoms with van der Waals surface area (Å²) in [6, 6.07) is 7.87. The maximum Gasteiger partial charge on any atom is 0.277 e. The van der Waals surface area contributed by atoms with E-state index in [1.165, 1.54) is 11.8 Å². The first-order chi connectivity index (χ1) is 9.36. The monoisotopic (exact) mass is 290 g/mol.